The Labute approximate surface area is 106 Å². The summed E-state index contributed by atoms with van der Waals surface area (Å²) in [5.74, 6) is -1.81. The van der Waals surface area contributed by atoms with E-state index in [-0.39, 0.29) is 12.4 Å². The second-order valence-electron chi connectivity index (χ2n) is 4.16. The van der Waals surface area contributed by atoms with E-state index in [2.05, 4.69) is 5.32 Å². The number of benzene rings is 1. The van der Waals surface area contributed by atoms with Crippen molar-refractivity contribution in [2.45, 2.75) is 32.9 Å². The van der Waals surface area contributed by atoms with Crippen molar-refractivity contribution < 1.29 is 18.6 Å². The van der Waals surface area contributed by atoms with Crippen molar-refractivity contribution in [1.29, 1.82) is 0 Å². The van der Waals surface area contributed by atoms with Crippen LogP contribution in [0, 0.1) is 11.6 Å². The number of aliphatic hydroxyl groups is 1. The molecular weight excluding hydrogens is 240 g/mol. The summed E-state index contributed by atoms with van der Waals surface area (Å²) in [4.78, 5) is 0. The molecule has 0 spiro atoms. The van der Waals surface area contributed by atoms with Gasteiger partial charge in [-0.3, -0.25) is 0 Å². The largest absolute Gasteiger partial charge is 0.488 e. The molecule has 0 amide bonds. The summed E-state index contributed by atoms with van der Waals surface area (Å²) in [7, 11) is 0. The first-order valence-electron chi connectivity index (χ1n) is 6.04. The summed E-state index contributed by atoms with van der Waals surface area (Å²) >= 11 is 0. The van der Waals surface area contributed by atoms with E-state index in [9.17, 15) is 8.78 Å². The Bertz CT molecular complexity index is 360. The van der Waals surface area contributed by atoms with E-state index in [1.807, 2.05) is 6.92 Å². The van der Waals surface area contributed by atoms with Crippen LogP contribution in [0.25, 0.3) is 0 Å². The smallest absolute Gasteiger partial charge is 0.190 e. The molecule has 3 nitrogen and oxygen atoms in total. The molecule has 0 aliphatic carbocycles. The molecular formula is C13H19F2NO2. The molecule has 0 aromatic heterocycles. The minimum atomic E-state index is -0.714. The Morgan fingerprint density at radius 3 is 2.44 bits per heavy atom. The van der Waals surface area contributed by atoms with Crippen LogP contribution in [0.3, 0.4) is 0 Å². The second kappa shape index (κ2) is 7.28. The highest BCUT2D eigenvalue weighted by atomic mass is 19.1. The van der Waals surface area contributed by atoms with Gasteiger partial charge in [0.05, 0.1) is 12.7 Å². The highest BCUT2D eigenvalue weighted by Gasteiger charge is 2.12. The normalized spacial score (nSPS) is 12.5. The summed E-state index contributed by atoms with van der Waals surface area (Å²) in [5.41, 5.74) is 0.537. The zero-order valence-electron chi connectivity index (χ0n) is 10.7. The number of aliphatic hydroxyl groups excluding tert-OH is 1. The Hall–Kier alpha value is -1.20. The molecule has 0 aliphatic heterocycles. The third-order valence-electron chi connectivity index (χ3n) is 2.42. The van der Waals surface area contributed by atoms with Crippen LogP contribution in [0.4, 0.5) is 8.78 Å². The number of halogens is 2. The summed E-state index contributed by atoms with van der Waals surface area (Å²) in [5, 5.41) is 12.0. The van der Waals surface area contributed by atoms with Gasteiger partial charge in [0.15, 0.2) is 17.4 Å². The van der Waals surface area contributed by atoms with Gasteiger partial charge in [0.1, 0.15) is 0 Å². The second-order valence-corrected chi connectivity index (χ2v) is 4.16. The Morgan fingerprint density at radius 1 is 1.33 bits per heavy atom. The Balaban J connectivity index is 2.68. The van der Waals surface area contributed by atoms with Gasteiger partial charge in [-0.05, 0) is 31.2 Å². The number of hydrogen-bond acceptors (Lipinski definition) is 3. The van der Waals surface area contributed by atoms with Crippen molar-refractivity contribution in [3.63, 3.8) is 0 Å². The molecule has 0 bridgehead atoms. The predicted molar refractivity (Wildman–Crippen MR) is 65.5 cm³/mol. The SMILES string of the molecule is CCNCc1cc(F)c(OCCC(C)O)c(F)c1. The van der Waals surface area contributed by atoms with Crippen molar-refractivity contribution in [2.75, 3.05) is 13.2 Å². The van der Waals surface area contributed by atoms with Gasteiger partial charge in [-0.2, -0.15) is 0 Å². The lowest BCUT2D eigenvalue weighted by Crippen LogP contribution is -2.13. The van der Waals surface area contributed by atoms with Crippen LogP contribution in [0.2, 0.25) is 0 Å². The van der Waals surface area contributed by atoms with E-state index in [1.165, 1.54) is 12.1 Å². The standard InChI is InChI=1S/C13H19F2NO2/c1-3-16-8-10-6-11(14)13(12(15)7-10)18-5-4-9(2)17/h6-7,9,16-17H,3-5,8H2,1-2H3. The van der Waals surface area contributed by atoms with Crippen molar-refractivity contribution in [2.24, 2.45) is 0 Å². The van der Waals surface area contributed by atoms with Gasteiger partial charge in [0.2, 0.25) is 0 Å². The lowest BCUT2D eigenvalue weighted by atomic mass is 10.2. The van der Waals surface area contributed by atoms with Gasteiger partial charge in [-0.15, -0.1) is 0 Å². The van der Waals surface area contributed by atoms with E-state index in [0.717, 1.165) is 6.54 Å². The van der Waals surface area contributed by atoms with Gasteiger partial charge in [-0.1, -0.05) is 6.92 Å². The van der Waals surface area contributed by atoms with Gasteiger partial charge < -0.3 is 15.2 Å². The summed E-state index contributed by atoms with van der Waals surface area (Å²) in [6, 6.07) is 2.51. The van der Waals surface area contributed by atoms with Crippen LogP contribution in [-0.4, -0.2) is 24.4 Å². The summed E-state index contributed by atoms with van der Waals surface area (Å²) in [6.07, 6.45) is -0.220. The fraction of sp³-hybridized carbons (Fsp3) is 0.538. The molecule has 0 aliphatic rings. The number of rotatable bonds is 7. The van der Waals surface area contributed by atoms with Gasteiger partial charge >= 0.3 is 0 Å². The predicted octanol–water partition coefficient (Wildman–Crippen LogP) is 2.22. The monoisotopic (exact) mass is 259 g/mol. The lowest BCUT2D eigenvalue weighted by Gasteiger charge is -2.11. The van der Waals surface area contributed by atoms with Gasteiger partial charge in [0, 0.05) is 13.0 Å². The average Bonchev–Trinajstić information content (AvgIpc) is 2.29. The van der Waals surface area contributed by atoms with Crippen LogP contribution < -0.4 is 10.1 Å². The van der Waals surface area contributed by atoms with Crippen molar-refractivity contribution in [3.8, 4) is 5.75 Å². The maximum absolute atomic E-state index is 13.6. The fourth-order valence-electron chi connectivity index (χ4n) is 1.45. The zero-order chi connectivity index (χ0) is 13.5. The van der Waals surface area contributed by atoms with Crippen LogP contribution >= 0.6 is 0 Å². The Morgan fingerprint density at radius 2 is 1.94 bits per heavy atom. The highest BCUT2D eigenvalue weighted by molar-refractivity contribution is 5.31. The molecule has 0 heterocycles. The molecule has 1 atom stereocenters. The number of ether oxygens (including phenoxy) is 1. The maximum atomic E-state index is 13.6. The first-order valence-corrected chi connectivity index (χ1v) is 6.04. The molecule has 1 aromatic carbocycles. The van der Waals surface area contributed by atoms with Gasteiger partial charge in [0.25, 0.3) is 0 Å². The van der Waals surface area contributed by atoms with E-state index < -0.39 is 17.7 Å². The molecule has 1 rings (SSSR count). The molecule has 1 aromatic rings. The minimum absolute atomic E-state index is 0.0814. The molecule has 0 fully saturated rings. The molecule has 0 radical (unpaired) electrons. The molecule has 0 saturated heterocycles. The number of nitrogens with one attached hydrogen (secondary N) is 1. The van der Waals surface area contributed by atoms with E-state index in [1.54, 1.807) is 6.92 Å². The van der Waals surface area contributed by atoms with E-state index in [4.69, 9.17) is 9.84 Å². The summed E-state index contributed by atoms with van der Waals surface area (Å²) in [6.45, 7) is 4.74. The van der Waals surface area contributed by atoms with Crippen LogP contribution in [0.15, 0.2) is 12.1 Å². The van der Waals surface area contributed by atoms with E-state index in [0.29, 0.717) is 18.5 Å². The lowest BCUT2D eigenvalue weighted by molar-refractivity contribution is 0.151. The number of hydrogen-bond donors (Lipinski definition) is 2. The van der Waals surface area contributed by atoms with E-state index >= 15 is 0 Å². The van der Waals surface area contributed by atoms with Gasteiger partial charge in [-0.25, -0.2) is 8.78 Å². The van der Waals surface area contributed by atoms with Crippen molar-refractivity contribution >= 4 is 0 Å². The first-order chi connectivity index (χ1) is 8.54. The van der Waals surface area contributed by atoms with Crippen LogP contribution in [0.1, 0.15) is 25.8 Å². The van der Waals surface area contributed by atoms with Crippen LogP contribution in [0.5, 0.6) is 5.75 Å². The Kier molecular flexibility index (Phi) is 6.01. The molecule has 5 heteroatoms. The maximum Gasteiger partial charge on any atom is 0.190 e. The van der Waals surface area contributed by atoms with Crippen LogP contribution in [-0.2, 0) is 6.54 Å². The molecule has 102 valence electrons. The first kappa shape index (κ1) is 14.9. The zero-order valence-corrected chi connectivity index (χ0v) is 10.7. The highest BCUT2D eigenvalue weighted by Crippen LogP contribution is 2.23. The molecule has 18 heavy (non-hydrogen) atoms. The van der Waals surface area contributed by atoms with Crippen molar-refractivity contribution in [1.82, 2.24) is 5.32 Å². The molecule has 0 saturated carbocycles. The third-order valence-corrected chi connectivity index (χ3v) is 2.42. The minimum Gasteiger partial charge on any atom is -0.488 e. The fourth-order valence-corrected chi connectivity index (χ4v) is 1.45. The summed E-state index contributed by atoms with van der Waals surface area (Å²) < 4.78 is 32.2. The average molecular weight is 259 g/mol. The topological polar surface area (TPSA) is 41.5 Å². The van der Waals surface area contributed by atoms with Crippen molar-refractivity contribution in [3.05, 3.63) is 29.3 Å². The molecule has 1 unspecified atom stereocenters. The molecule has 2 N–H and O–H groups in total. The quantitative estimate of drug-likeness (QED) is 0.789. The third kappa shape index (κ3) is 4.58.